The summed E-state index contributed by atoms with van der Waals surface area (Å²) >= 11 is 0. The Bertz CT molecular complexity index is 279. The van der Waals surface area contributed by atoms with Gasteiger partial charge in [-0.2, -0.15) is 0 Å². The SMILES string of the molecule is CCCN(C(=O)NCC(OC)C(=O)O)C1CC1. The summed E-state index contributed by atoms with van der Waals surface area (Å²) in [5.74, 6) is -1.07. The molecule has 0 aliphatic heterocycles. The minimum absolute atomic E-state index is 0.00238. The zero-order valence-corrected chi connectivity index (χ0v) is 10.3. The second kappa shape index (κ2) is 6.44. The fourth-order valence-electron chi connectivity index (χ4n) is 1.63. The summed E-state index contributed by atoms with van der Waals surface area (Å²) < 4.78 is 4.75. The predicted octanol–water partition coefficient (Wildman–Crippen LogP) is 0.670. The van der Waals surface area contributed by atoms with Gasteiger partial charge < -0.3 is 20.1 Å². The van der Waals surface area contributed by atoms with Crippen molar-refractivity contribution in [1.29, 1.82) is 0 Å². The average molecular weight is 244 g/mol. The summed E-state index contributed by atoms with van der Waals surface area (Å²) in [5, 5.41) is 11.4. The number of hydrogen-bond acceptors (Lipinski definition) is 3. The van der Waals surface area contributed by atoms with Gasteiger partial charge in [-0.05, 0) is 19.3 Å². The number of amides is 2. The number of urea groups is 1. The van der Waals surface area contributed by atoms with Crippen molar-refractivity contribution in [3.05, 3.63) is 0 Å². The van der Waals surface area contributed by atoms with Crippen molar-refractivity contribution >= 4 is 12.0 Å². The minimum atomic E-state index is -1.07. The van der Waals surface area contributed by atoms with Crippen LogP contribution in [0.15, 0.2) is 0 Å². The number of methoxy groups -OCH3 is 1. The largest absolute Gasteiger partial charge is 0.479 e. The van der Waals surface area contributed by atoms with Crippen molar-refractivity contribution < 1.29 is 19.4 Å². The molecule has 0 aromatic rings. The quantitative estimate of drug-likeness (QED) is 0.690. The summed E-state index contributed by atoms with van der Waals surface area (Å²) in [5.41, 5.74) is 0. The molecule has 0 heterocycles. The van der Waals surface area contributed by atoms with Gasteiger partial charge >= 0.3 is 12.0 Å². The summed E-state index contributed by atoms with van der Waals surface area (Å²) in [7, 11) is 1.32. The van der Waals surface area contributed by atoms with E-state index in [1.165, 1.54) is 7.11 Å². The molecule has 2 amide bonds. The maximum atomic E-state index is 11.8. The number of nitrogens with one attached hydrogen (secondary N) is 1. The van der Waals surface area contributed by atoms with Crippen LogP contribution in [-0.2, 0) is 9.53 Å². The van der Waals surface area contributed by atoms with Crippen LogP contribution in [0.4, 0.5) is 4.79 Å². The van der Waals surface area contributed by atoms with Crippen LogP contribution in [0, 0.1) is 0 Å². The van der Waals surface area contributed by atoms with Crippen LogP contribution in [0.3, 0.4) is 0 Å². The van der Waals surface area contributed by atoms with Gasteiger partial charge in [-0.3, -0.25) is 0 Å². The molecular weight excluding hydrogens is 224 g/mol. The number of nitrogens with zero attached hydrogens (tertiary/aromatic N) is 1. The van der Waals surface area contributed by atoms with Crippen molar-refractivity contribution in [3.63, 3.8) is 0 Å². The van der Waals surface area contributed by atoms with Crippen molar-refractivity contribution in [2.24, 2.45) is 0 Å². The van der Waals surface area contributed by atoms with Crippen LogP contribution in [0.5, 0.6) is 0 Å². The van der Waals surface area contributed by atoms with Gasteiger partial charge in [0.2, 0.25) is 0 Å². The molecule has 1 atom stereocenters. The number of hydrogen-bond donors (Lipinski definition) is 2. The first-order valence-corrected chi connectivity index (χ1v) is 5.90. The molecule has 1 saturated carbocycles. The molecule has 1 unspecified atom stereocenters. The van der Waals surface area contributed by atoms with E-state index in [9.17, 15) is 9.59 Å². The molecule has 1 fully saturated rings. The molecular formula is C11H20N2O4. The predicted molar refractivity (Wildman–Crippen MR) is 61.9 cm³/mol. The van der Waals surface area contributed by atoms with Crippen LogP contribution in [-0.4, -0.2) is 54.4 Å². The van der Waals surface area contributed by atoms with Crippen molar-refractivity contribution in [1.82, 2.24) is 10.2 Å². The topological polar surface area (TPSA) is 78.9 Å². The van der Waals surface area contributed by atoms with E-state index in [0.29, 0.717) is 12.6 Å². The van der Waals surface area contributed by atoms with E-state index in [0.717, 1.165) is 19.3 Å². The zero-order chi connectivity index (χ0) is 12.8. The fraction of sp³-hybridized carbons (Fsp3) is 0.818. The van der Waals surface area contributed by atoms with Gasteiger partial charge in [0, 0.05) is 19.7 Å². The monoisotopic (exact) mass is 244 g/mol. The molecule has 6 heteroatoms. The first-order chi connectivity index (χ1) is 8.10. The average Bonchev–Trinajstić information content (AvgIpc) is 3.09. The number of rotatable bonds is 7. The van der Waals surface area contributed by atoms with Crippen molar-refractivity contribution in [2.45, 2.75) is 38.3 Å². The van der Waals surface area contributed by atoms with Crippen molar-refractivity contribution in [2.75, 3.05) is 20.2 Å². The number of aliphatic carboxylic acids is 1. The molecule has 1 aliphatic rings. The van der Waals surface area contributed by atoms with Crippen LogP contribution < -0.4 is 5.32 Å². The third-order valence-electron chi connectivity index (χ3n) is 2.71. The molecule has 98 valence electrons. The highest BCUT2D eigenvalue weighted by Crippen LogP contribution is 2.26. The lowest BCUT2D eigenvalue weighted by Gasteiger charge is -2.23. The second-order valence-corrected chi connectivity index (χ2v) is 4.17. The van der Waals surface area contributed by atoms with Gasteiger partial charge in [-0.1, -0.05) is 6.92 Å². The molecule has 0 bridgehead atoms. The van der Waals surface area contributed by atoms with E-state index in [4.69, 9.17) is 9.84 Å². The van der Waals surface area contributed by atoms with E-state index in [-0.39, 0.29) is 12.6 Å². The number of carbonyl (C=O) groups is 2. The smallest absolute Gasteiger partial charge is 0.334 e. The summed E-state index contributed by atoms with van der Waals surface area (Å²) in [4.78, 5) is 24.3. The Morgan fingerprint density at radius 2 is 2.18 bits per heavy atom. The zero-order valence-electron chi connectivity index (χ0n) is 10.3. The molecule has 0 aromatic heterocycles. The van der Waals surface area contributed by atoms with Crippen LogP contribution in [0.1, 0.15) is 26.2 Å². The number of carboxylic acids is 1. The maximum absolute atomic E-state index is 11.8. The van der Waals surface area contributed by atoms with Crippen LogP contribution in [0.2, 0.25) is 0 Å². The van der Waals surface area contributed by atoms with Crippen LogP contribution in [0.25, 0.3) is 0 Å². The van der Waals surface area contributed by atoms with Crippen molar-refractivity contribution in [3.8, 4) is 0 Å². The van der Waals surface area contributed by atoms with E-state index >= 15 is 0 Å². The number of carboxylic acid groups (broad SMARTS) is 1. The summed E-state index contributed by atoms with van der Waals surface area (Å²) in [6.07, 6.45) is 2.00. The van der Waals surface area contributed by atoms with Gasteiger partial charge in [0.05, 0.1) is 6.54 Å². The Balaban J connectivity index is 2.38. The molecule has 1 rings (SSSR count). The second-order valence-electron chi connectivity index (χ2n) is 4.17. The number of carbonyl (C=O) groups excluding carboxylic acids is 1. The molecule has 0 radical (unpaired) electrons. The molecule has 17 heavy (non-hydrogen) atoms. The summed E-state index contributed by atoms with van der Waals surface area (Å²) in [6, 6.07) is 0.137. The Hall–Kier alpha value is -1.30. The minimum Gasteiger partial charge on any atom is -0.479 e. The normalized spacial score (nSPS) is 16.4. The Morgan fingerprint density at radius 1 is 1.53 bits per heavy atom. The van der Waals surface area contributed by atoms with Gasteiger partial charge in [0.1, 0.15) is 0 Å². The molecule has 0 spiro atoms. The van der Waals surface area contributed by atoms with Gasteiger partial charge in [0.25, 0.3) is 0 Å². The maximum Gasteiger partial charge on any atom is 0.334 e. The lowest BCUT2D eigenvalue weighted by atomic mass is 10.3. The molecule has 6 nitrogen and oxygen atoms in total. The highest BCUT2D eigenvalue weighted by molar-refractivity contribution is 5.77. The molecule has 2 N–H and O–H groups in total. The van der Waals surface area contributed by atoms with Gasteiger partial charge in [-0.25, -0.2) is 9.59 Å². The molecule has 0 aromatic carbocycles. The third kappa shape index (κ3) is 4.22. The lowest BCUT2D eigenvalue weighted by molar-refractivity contribution is -0.148. The highest BCUT2D eigenvalue weighted by atomic mass is 16.5. The highest BCUT2D eigenvalue weighted by Gasteiger charge is 2.32. The number of ether oxygens (including phenoxy) is 1. The Labute approximate surface area is 101 Å². The van der Waals surface area contributed by atoms with Crippen LogP contribution >= 0.6 is 0 Å². The van der Waals surface area contributed by atoms with E-state index in [2.05, 4.69) is 5.32 Å². The van der Waals surface area contributed by atoms with E-state index in [1.807, 2.05) is 6.92 Å². The molecule has 1 aliphatic carbocycles. The molecule has 0 saturated heterocycles. The third-order valence-corrected chi connectivity index (χ3v) is 2.71. The Morgan fingerprint density at radius 3 is 2.59 bits per heavy atom. The first kappa shape index (κ1) is 13.8. The lowest BCUT2D eigenvalue weighted by Crippen LogP contribution is -2.46. The first-order valence-electron chi connectivity index (χ1n) is 5.90. The fourth-order valence-corrected chi connectivity index (χ4v) is 1.63. The Kier molecular flexibility index (Phi) is 5.21. The van der Waals surface area contributed by atoms with E-state index < -0.39 is 12.1 Å². The van der Waals surface area contributed by atoms with Gasteiger partial charge in [-0.15, -0.1) is 0 Å². The summed E-state index contributed by atoms with van der Waals surface area (Å²) in [6.45, 7) is 2.72. The van der Waals surface area contributed by atoms with E-state index in [1.54, 1.807) is 4.90 Å². The standard InChI is InChI=1S/C11H20N2O4/c1-3-6-13(8-4-5-8)11(16)12-7-9(17-2)10(14)15/h8-9H,3-7H2,1-2H3,(H,12,16)(H,14,15). The van der Waals surface area contributed by atoms with Gasteiger partial charge in [0.15, 0.2) is 6.10 Å².